The number of rotatable bonds is 8. The highest BCUT2D eigenvalue weighted by Crippen LogP contribution is 2.36. The molecule has 492 valence electrons. The van der Waals surface area contributed by atoms with Crippen molar-refractivity contribution >= 4 is 76.6 Å². The van der Waals surface area contributed by atoms with E-state index in [4.69, 9.17) is 11.6 Å². The van der Waals surface area contributed by atoms with E-state index in [1.165, 1.54) is 89.0 Å². The zero-order valence-corrected chi connectivity index (χ0v) is 54.0. The molecule has 2 saturated heterocycles. The van der Waals surface area contributed by atoms with E-state index >= 15 is 4.79 Å². The number of fused-ring (bicyclic) bond motifs is 1. The van der Waals surface area contributed by atoms with Crippen LogP contribution in [-0.4, -0.2) is 215 Å². The van der Waals surface area contributed by atoms with Gasteiger partial charge in [-0.2, -0.15) is 13.2 Å². The van der Waals surface area contributed by atoms with Gasteiger partial charge < -0.3 is 55.6 Å². The quantitative estimate of drug-likeness (QED) is 0.275. The van der Waals surface area contributed by atoms with E-state index in [0.717, 1.165) is 43.9 Å². The fourth-order valence-electron chi connectivity index (χ4n) is 11.6. The fraction of sp³-hybridized carbons (Fsp3) is 0.629. The van der Waals surface area contributed by atoms with E-state index in [2.05, 4.69) is 21.3 Å². The Bertz CT molecular complexity index is 2950. The van der Waals surface area contributed by atoms with E-state index in [0.29, 0.717) is 31.2 Å². The van der Waals surface area contributed by atoms with Crippen LogP contribution in [0.1, 0.15) is 123 Å². The number of nitrogens with zero attached hydrogens (tertiary/aromatic N) is 7. The Morgan fingerprint density at radius 1 is 0.652 bits per heavy atom. The van der Waals surface area contributed by atoms with Crippen LogP contribution in [0.15, 0.2) is 42.5 Å². The van der Waals surface area contributed by atoms with Gasteiger partial charge in [0.2, 0.25) is 65.0 Å². The van der Waals surface area contributed by atoms with Gasteiger partial charge >= 0.3 is 6.18 Å². The normalized spacial score (nSPS) is 26.0. The summed E-state index contributed by atoms with van der Waals surface area (Å²) in [4.78, 5) is 166. The van der Waals surface area contributed by atoms with Crippen molar-refractivity contribution in [2.45, 2.75) is 179 Å². The fourth-order valence-corrected chi connectivity index (χ4v) is 11.9. The molecular formula is C62H88ClF4N11O11. The van der Waals surface area contributed by atoms with Crippen molar-refractivity contribution in [3.63, 3.8) is 0 Å². The third-order valence-electron chi connectivity index (χ3n) is 17.7. The molecule has 1 saturated carbocycles. The molecule has 5 rings (SSSR count). The molecule has 2 heterocycles. The minimum atomic E-state index is -4.77. The number of aryl methyl sites for hydroxylation is 1. The van der Waals surface area contributed by atoms with Gasteiger partial charge in [0.25, 0.3) is 0 Å². The van der Waals surface area contributed by atoms with Gasteiger partial charge in [-0.25, -0.2) is 4.39 Å². The molecule has 27 heteroatoms. The highest BCUT2D eigenvalue weighted by Gasteiger charge is 2.50. The lowest BCUT2D eigenvalue weighted by Crippen LogP contribution is -2.64. The number of nitrogens with one attached hydrogen (secondary N) is 4. The Balaban J connectivity index is 1.56. The summed E-state index contributed by atoms with van der Waals surface area (Å²) in [5.41, 5.74) is -1.94. The van der Waals surface area contributed by atoms with Gasteiger partial charge in [0.05, 0.1) is 23.7 Å². The highest BCUT2D eigenvalue weighted by molar-refractivity contribution is 6.31. The molecule has 1 spiro atoms. The van der Waals surface area contributed by atoms with Gasteiger partial charge in [0.1, 0.15) is 53.6 Å². The third kappa shape index (κ3) is 17.9. The topological polar surface area (TPSA) is 259 Å². The number of alkyl halides is 3. The summed E-state index contributed by atoms with van der Waals surface area (Å²) in [7, 11) is 8.07. The molecule has 1 aliphatic carbocycles. The first-order valence-corrected chi connectivity index (χ1v) is 30.6. The Morgan fingerprint density at radius 3 is 1.82 bits per heavy atom. The second-order valence-corrected chi connectivity index (χ2v) is 25.0. The van der Waals surface area contributed by atoms with Gasteiger partial charge in [-0.1, -0.05) is 76.8 Å². The summed E-state index contributed by atoms with van der Waals surface area (Å²) in [6.45, 7) is 10.2. The standard InChI is InChI=1S/C62H88ClF4N11O11/c1-14-36(4)51-59(88)73(9)33-49(80)72(8)34-50(81)76(12)47(32-41-19-23-42(64)24-20-41)58(87)75(11)39(7)53(82)69-45(26-22-40-21-25-43(44(63)31-40)62(65,66)67)57(86)78-29-17-18-46(78)55(84)71-61(27-15-16-28-61)60(89)77(13)52(35(2)3)56(85)68-37(5)30-48(79)74(10)38(6)54(83)70-51/h19-21,23-25,31,35-39,45-47,51-52H,14-18,22,26-30,32-34H2,1-13H3,(H,68,85)(H,69,82)(H,70,83)(H,71,84)/t36-,37+,38-,39+,45-,46?,47-,51-,52-/m0/s1. The van der Waals surface area contributed by atoms with Crippen LogP contribution in [0, 0.1) is 17.7 Å². The van der Waals surface area contributed by atoms with Crippen molar-refractivity contribution in [3.05, 3.63) is 70.0 Å². The smallest absolute Gasteiger partial charge is 0.351 e. The van der Waals surface area contributed by atoms with E-state index in [1.807, 2.05) is 0 Å². The van der Waals surface area contributed by atoms with Gasteiger partial charge in [-0.05, 0) is 107 Å². The summed E-state index contributed by atoms with van der Waals surface area (Å²) in [5.74, 6) is -9.21. The first-order chi connectivity index (χ1) is 41.5. The molecule has 0 bridgehead atoms. The first kappa shape index (κ1) is 72.4. The lowest BCUT2D eigenvalue weighted by molar-refractivity contribution is -0.150. The van der Waals surface area contributed by atoms with Gasteiger partial charge in [-0.15, -0.1) is 0 Å². The molecular weight excluding hydrogens is 1190 g/mol. The number of carbonyl (C=O) groups excluding carboxylic acids is 11. The van der Waals surface area contributed by atoms with Crippen LogP contribution in [0.5, 0.6) is 0 Å². The first-order valence-electron chi connectivity index (χ1n) is 30.2. The Labute approximate surface area is 523 Å². The van der Waals surface area contributed by atoms with Crippen LogP contribution in [0.4, 0.5) is 17.6 Å². The Morgan fingerprint density at radius 2 is 1.24 bits per heavy atom. The van der Waals surface area contributed by atoms with Crippen LogP contribution >= 0.6 is 11.6 Å². The van der Waals surface area contributed by atoms with E-state index < -0.39 is 166 Å². The number of carbonyl (C=O) groups is 11. The lowest BCUT2D eigenvalue weighted by atomic mass is 9.92. The van der Waals surface area contributed by atoms with Crippen molar-refractivity contribution in [1.29, 1.82) is 0 Å². The summed E-state index contributed by atoms with van der Waals surface area (Å²) in [6.07, 6.45) is -3.35. The molecule has 4 N–H and O–H groups in total. The zero-order valence-electron chi connectivity index (χ0n) is 53.2. The van der Waals surface area contributed by atoms with Crippen molar-refractivity contribution in [3.8, 4) is 0 Å². The molecule has 22 nitrogen and oxygen atoms in total. The van der Waals surface area contributed by atoms with Crippen molar-refractivity contribution < 1.29 is 70.3 Å². The number of amides is 11. The summed E-state index contributed by atoms with van der Waals surface area (Å²) < 4.78 is 55.5. The van der Waals surface area contributed by atoms with Crippen molar-refractivity contribution in [2.75, 3.05) is 61.9 Å². The molecule has 2 aliphatic heterocycles. The molecule has 11 amide bonds. The molecule has 0 radical (unpaired) electrons. The monoisotopic (exact) mass is 1270 g/mol. The molecule has 89 heavy (non-hydrogen) atoms. The van der Waals surface area contributed by atoms with E-state index in [-0.39, 0.29) is 57.1 Å². The minimum absolute atomic E-state index is 0.0160. The van der Waals surface area contributed by atoms with Gasteiger partial charge in [0.15, 0.2) is 0 Å². The number of halogens is 5. The molecule has 2 aromatic rings. The summed E-state index contributed by atoms with van der Waals surface area (Å²) in [6, 6.07) is -1.53. The largest absolute Gasteiger partial charge is 0.417 e. The SMILES string of the molecule is CC[C@H](C)[C@@H]1NC(=O)[C@H](C)N(C)C(=O)C[C@@H](C)NC(=O)[C@H](C(C)C)N(C)C(=O)C2(CCCC2)NC(=O)C2CCCN2C(=O)[C@H](CCc2ccc(C(F)(F)F)c(Cl)c2)NC(=O)[C@@H](C)N(C)C(=O)[C@H](Cc2ccc(F)cc2)N(C)C(=O)CN(C)C(=O)CN(C)C1=O. The van der Waals surface area contributed by atoms with E-state index in [1.54, 1.807) is 34.6 Å². The molecule has 3 fully saturated rings. The zero-order chi connectivity index (χ0) is 66.7. The molecule has 9 atom stereocenters. The number of hydrogen-bond acceptors (Lipinski definition) is 11. The van der Waals surface area contributed by atoms with Crippen molar-refractivity contribution in [2.24, 2.45) is 11.8 Å². The van der Waals surface area contributed by atoms with Gasteiger partial charge in [0, 0.05) is 67.7 Å². The average molecular weight is 1270 g/mol. The Kier molecular flexibility index (Phi) is 25.1. The van der Waals surface area contributed by atoms with Crippen molar-refractivity contribution in [1.82, 2.24) is 55.6 Å². The van der Waals surface area contributed by atoms with Crippen LogP contribution in [0.25, 0.3) is 0 Å². The second kappa shape index (κ2) is 30.9. The maximum atomic E-state index is 15.0. The number of likely N-dealkylation sites (N-methyl/N-ethyl adjacent to an activating group) is 6. The van der Waals surface area contributed by atoms with Gasteiger partial charge in [-0.3, -0.25) is 52.7 Å². The third-order valence-corrected chi connectivity index (χ3v) is 18.0. The molecule has 1 unspecified atom stereocenters. The van der Waals surface area contributed by atoms with Crippen LogP contribution in [0.2, 0.25) is 5.02 Å². The highest BCUT2D eigenvalue weighted by atomic mass is 35.5. The average Bonchev–Trinajstić information content (AvgIpc) is 2.24. The van der Waals surface area contributed by atoms with Crippen LogP contribution in [0.3, 0.4) is 0 Å². The summed E-state index contributed by atoms with van der Waals surface area (Å²) in [5, 5.41) is 10.7. The number of hydrogen-bond donors (Lipinski definition) is 4. The minimum Gasteiger partial charge on any atom is -0.351 e. The second-order valence-electron chi connectivity index (χ2n) is 24.6. The predicted molar refractivity (Wildman–Crippen MR) is 322 cm³/mol. The number of benzene rings is 2. The van der Waals surface area contributed by atoms with E-state index in [9.17, 15) is 65.5 Å². The van der Waals surface area contributed by atoms with Crippen LogP contribution < -0.4 is 21.3 Å². The lowest BCUT2D eigenvalue weighted by Gasteiger charge is -2.39. The summed E-state index contributed by atoms with van der Waals surface area (Å²) >= 11 is 6.10. The predicted octanol–water partition coefficient (Wildman–Crippen LogP) is 3.94. The Hall–Kier alpha value is -7.38. The molecule has 3 aliphatic rings. The molecule has 2 aromatic carbocycles. The maximum Gasteiger partial charge on any atom is 0.417 e. The molecule has 0 aromatic heterocycles. The van der Waals surface area contributed by atoms with Crippen LogP contribution in [-0.2, 0) is 71.8 Å². The maximum absolute atomic E-state index is 15.0.